The summed E-state index contributed by atoms with van der Waals surface area (Å²) < 4.78 is 0. The summed E-state index contributed by atoms with van der Waals surface area (Å²) in [6.45, 7) is 0. The van der Waals surface area contributed by atoms with E-state index >= 15 is 0 Å². The van der Waals surface area contributed by atoms with Crippen LogP contribution >= 0.6 is 0 Å². The Kier molecular flexibility index (Phi) is 5.30. The molecule has 3 rings (SSSR count). The van der Waals surface area contributed by atoms with Crippen molar-refractivity contribution in [1.29, 1.82) is 0 Å². The number of aldehydes is 1. The second-order valence-corrected chi connectivity index (χ2v) is 9.68. The Morgan fingerprint density at radius 2 is 1.59 bits per heavy atom. The zero-order valence-electron chi connectivity index (χ0n) is 17.8. The van der Waals surface area contributed by atoms with Crippen LogP contribution in [0.15, 0.2) is 27.8 Å². The molecule has 6 nitrogen and oxygen atoms in total. The Balaban J connectivity index is 2.00. The van der Waals surface area contributed by atoms with Gasteiger partial charge in [0.05, 0.1) is 34.8 Å². The molecule has 2 aromatic rings. The number of phenols is 1. The van der Waals surface area contributed by atoms with Crippen molar-refractivity contribution in [3.05, 3.63) is 44.2 Å². The first-order chi connectivity index (χ1) is 13.4. The third kappa shape index (κ3) is 3.34. The van der Waals surface area contributed by atoms with Gasteiger partial charge in [0.2, 0.25) is 0 Å². The minimum atomic E-state index is -0.620. The zero-order valence-corrected chi connectivity index (χ0v) is 17.8. The lowest BCUT2D eigenvalue weighted by molar-refractivity contribution is 0.112. The van der Waals surface area contributed by atoms with Gasteiger partial charge in [-0.15, -0.1) is 5.11 Å². The van der Waals surface area contributed by atoms with E-state index in [1.807, 2.05) is 0 Å². The third-order valence-corrected chi connectivity index (χ3v) is 7.26. The Labute approximate surface area is 175 Å². The van der Waals surface area contributed by atoms with E-state index in [4.69, 9.17) is 0 Å². The van der Waals surface area contributed by atoms with E-state index in [0.29, 0.717) is 6.29 Å². The molecule has 0 atom stereocenters. The number of benzene rings is 1. The first kappa shape index (κ1) is 21.4. The van der Waals surface area contributed by atoms with Crippen LogP contribution in [0, 0.1) is 0 Å². The molecule has 1 aliphatic rings. The number of hydrogen-bond donors (Lipinski definition) is 3. The van der Waals surface area contributed by atoms with Gasteiger partial charge in [0, 0.05) is 5.54 Å². The number of rotatable bonds is 7. The van der Waals surface area contributed by atoms with Crippen LogP contribution in [-0.2, 0) is 0 Å². The number of carbonyl (C=O) groups excluding carboxylic acids is 1. The van der Waals surface area contributed by atoms with Crippen LogP contribution in [0.4, 0.5) is 17.1 Å². The molecule has 0 aliphatic heterocycles. The fraction of sp³-hybridized carbons (Fsp3) is 0.389. The largest absolute Gasteiger partial charge is 0.505 e. The van der Waals surface area contributed by atoms with Gasteiger partial charge in [-0.3, -0.25) is 14.4 Å². The van der Waals surface area contributed by atoms with Gasteiger partial charge in [-0.05, 0) is 25.0 Å². The van der Waals surface area contributed by atoms with Gasteiger partial charge in [0.1, 0.15) is 32.8 Å². The smallest absolute Gasteiger partial charge is 0.253 e. The molecule has 3 N–H and O–H groups in total. The highest BCUT2D eigenvalue weighted by Gasteiger charge is 2.52. The van der Waals surface area contributed by atoms with E-state index in [0.717, 1.165) is 25.7 Å². The maximum atomic E-state index is 12.4. The molecule has 11 heteroatoms. The summed E-state index contributed by atoms with van der Waals surface area (Å²) in [5.41, 5.74) is -0.727. The van der Waals surface area contributed by atoms with Crippen molar-refractivity contribution < 1.29 is 9.90 Å². The Bertz CT molecular complexity index is 1020. The normalized spacial score (nSPS) is 16.6. The molecule has 0 heterocycles. The van der Waals surface area contributed by atoms with E-state index in [-0.39, 0.29) is 44.2 Å². The minimum absolute atomic E-state index is 0.0220. The quantitative estimate of drug-likeness (QED) is 0.213. The molecule has 1 fully saturated rings. The van der Waals surface area contributed by atoms with Crippen LogP contribution in [-0.4, -0.2) is 56.2 Å². The molecule has 0 radical (unpaired) electrons. The molecule has 0 unspecified atom stereocenters. The van der Waals surface area contributed by atoms with Gasteiger partial charge in [-0.1, -0.05) is 24.1 Å². The standard InChI is InChI=1S/C18H25B5N2O4/c19-17(20,18(21,22)23)16(6-1-2-7-16)25-12-11(14(28)15(12)29)24-10-5-3-4-9(8-26)13(10)27/h3-5,8,24-25,27H,1-2,6-7,19-23H2. The van der Waals surface area contributed by atoms with E-state index in [2.05, 4.69) is 49.9 Å². The third-order valence-electron chi connectivity index (χ3n) is 7.26. The van der Waals surface area contributed by atoms with Crippen LogP contribution in [0.5, 0.6) is 5.75 Å². The van der Waals surface area contributed by atoms with Gasteiger partial charge in [-0.2, -0.15) is 0 Å². The molecule has 1 saturated carbocycles. The average molecular weight is 387 g/mol. The van der Waals surface area contributed by atoms with E-state index in [1.165, 1.54) is 6.07 Å². The monoisotopic (exact) mass is 388 g/mol. The summed E-state index contributed by atoms with van der Waals surface area (Å²) in [5.74, 6) is -0.243. The molecule has 0 aromatic heterocycles. The topological polar surface area (TPSA) is 95.5 Å². The second kappa shape index (κ2) is 7.19. The lowest BCUT2D eigenvalue weighted by Gasteiger charge is -2.54. The fourth-order valence-electron chi connectivity index (χ4n) is 4.36. The van der Waals surface area contributed by atoms with E-state index in [1.54, 1.807) is 12.1 Å². The van der Waals surface area contributed by atoms with Gasteiger partial charge >= 0.3 is 0 Å². The molecule has 0 amide bonds. The van der Waals surface area contributed by atoms with Gasteiger partial charge < -0.3 is 15.7 Å². The molecular weight excluding hydrogens is 362 g/mol. The first-order valence-corrected chi connectivity index (χ1v) is 10.1. The van der Waals surface area contributed by atoms with Crippen molar-refractivity contribution in [3.63, 3.8) is 0 Å². The Morgan fingerprint density at radius 3 is 2.14 bits per heavy atom. The van der Waals surface area contributed by atoms with Gasteiger partial charge in [-0.25, -0.2) is 0 Å². The Hall–Kier alpha value is -2.31. The minimum Gasteiger partial charge on any atom is -0.505 e. The number of aromatic hydroxyl groups is 1. The number of hydrogen-bond acceptors (Lipinski definition) is 6. The molecule has 0 bridgehead atoms. The van der Waals surface area contributed by atoms with Crippen molar-refractivity contribution >= 4 is 62.6 Å². The molecule has 0 spiro atoms. The highest BCUT2D eigenvalue weighted by atomic mass is 16.3. The first-order valence-electron chi connectivity index (χ1n) is 10.1. The van der Waals surface area contributed by atoms with Crippen LogP contribution in [0.25, 0.3) is 0 Å². The molecule has 146 valence electrons. The van der Waals surface area contributed by atoms with Crippen LogP contribution in [0.1, 0.15) is 36.0 Å². The number of phenolic OH excluding ortho intramolecular Hbond substituents is 1. The number of nitrogens with one attached hydrogen (secondary N) is 2. The number of anilines is 3. The summed E-state index contributed by atoms with van der Waals surface area (Å²) in [6, 6.07) is 4.65. The van der Waals surface area contributed by atoms with E-state index < -0.39 is 10.9 Å². The number of carbonyl (C=O) groups is 1. The summed E-state index contributed by atoms with van der Waals surface area (Å²) >= 11 is 0. The highest BCUT2D eigenvalue weighted by Crippen LogP contribution is 2.56. The van der Waals surface area contributed by atoms with Crippen molar-refractivity contribution in [2.24, 2.45) is 0 Å². The fourth-order valence-corrected chi connectivity index (χ4v) is 4.36. The van der Waals surface area contributed by atoms with Crippen molar-refractivity contribution in [2.75, 3.05) is 10.6 Å². The predicted molar refractivity (Wildman–Crippen MR) is 131 cm³/mol. The highest BCUT2D eigenvalue weighted by molar-refractivity contribution is 6.67. The summed E-state index contributed by atoms with van der Waals surface area (Å²) in [7, 11) is 11.0. The number of para-hydroxylation sites is 1. The predicted octanol–water partition coefficient (Wildman–Crippen LogP) is -2.38. The van der Waals surface area contributed by atoms with Crippen LogP contribution in [0.2, 0.25) is 10.3 Å². The van der Waals surface area contributed by atoms with Gasteiger partial charge in [0.15, 0.2) is 6.29 Å². The van der Waals surface area contributed by atoms with Crippen molar-refractivity contribution in [3.8, 4) is 5.75 Å². The molecular formula is C18H25B5N2O4. The lowest BCUT2D eigenvalue weighted by atomic mass is 9.19. The molecule has 29 heavy (non-hydrogen) atoms. The lowest BCUT2D eigenvalue weighted by Crippen LogP contribution is -2.56. The van der Waals surface area contributed by atoms with Crippen molar-refractivity contribution in [2.45, 2.75) is 41.5 Å². The van der Waals surface area contributed by atoms with Crippen LogP contribution in [0.3, 0.4) is 0 Å². The second-order valence-electron chi connectivity index (χ2n) is 9.68. The summed E-state index contributed by atoms with van der Waals surface area (Å²) in [4.78, 5) is 35.8. The summed E-state index contributed by atoms with van der Waals surface area (Å²) in [6.07, 6.45) is 4.50. The van der Waals surface area contributed by atoms with Crippen molar-refractivity contribution in [1.82, 2.24) is 0 Å². The average Bonchev–Trinajstić information content (AvgIpc) is 3.15. The van der Waals surface area contributed by atoms with Crippen LogP contribution < -0.4 is 21.5 Å². The summed E-state index contributed by atoms with van der Waals surface area (Å²) in [5, 5.41) is 16.4. The SMILES string of the molecule is BC(B)(B)C(B)(B)C1(Nc2c(Nc3cccc(C=O)c3O)c(=O)c2=O)CCCC1. The maximum Gasteiger partial charge on any atom is 0.253 e. The zero-order chi connectivity index (χ0) is 21.6. The Morgan fingerprint density at radius 1 is 1.00 bits per heavy atom. The molecule has 1 aliphatic carbocycles. The van der Waals surface area contributed by atoms with E-state index in [9.17, 15) is 19.5 Å². The molecule has 0 saturated heterocycles. The maximum absolute atomic E-state index is 12.4. The van der Waals surface area contributed by atoms with Gasteiger partial charge in [0.25, 0.3) is 10.9 Å². The molecule has 2 aromatic carbocycles.